The number of morpholine rings is 1. The van der Waals surface area contributed by atoms with E-state index >= 15 is 0 Å². The van der Waals surface area contributed by atoms with Gasteiger partial charge in [-0.1, -0.05) is 48.5 Å². The lowest BCUT2D eigenvalue weighted by Gasteiger charge is -2.28. The Morgan fingerprint density at radius 1 is 1.00 bits per heavy atom. The summed E-state index contributed by atoms with van der Waals surface area (Å²) in [5, 5.41) is 1.66. The van der Waals surface area contributed by atoms with Crippen molar-refractivity contribution in [3.05, 3.63) is 66.2 Å². The summed E-state index contributed by atoms with van der Waals surface area (Å²) in [4.78, 5) is 13.9. The molecule has 0 bridgehead atoms. The number of hydrazine groups is 1. The molecule has 2 aromatic rings. The van der Waals surface area contributed by atoms with E-state index in [4.69, 9.17) is 4.74 Å². The van der Waals surface area contributed by atoms with E-state index in [0.717, 1.165) is 23.5 Å². The number of ether oxygens (including phenoxy) is 1. The summed E-state index contributed by atoms with van der Waals surface area (Å²) < 4.78 is 5.32. The number of hydrogen-bond donors (Lipinski definition) is 1. The summed E-state index contributed by atoms with van der Waals surface area (Å²) in [6, 6.07) is 19.9. The third-order valence-electron chi connectivity index (χ3n) is 3.62. The van der Waals surface area contributed by atoms with E-state index in [-0.39, 0.29) is 11.2 Å². The molecular weight excluding hydrogens is 308 g/mol. The molecule has 1 fully saturated rings. The van der Waals surface area contributed by atoms with Crippen molar-refractivity contribution in [2.24, 2.45) is 0 Å². The number of hydrogen-bond acceptors (Lipinski definition) is 4. The van der Waals surface area contributed by atoms with Crippen LogP contribution in [0.15, 0.2) is 65.6 Å². The number of amides is 1. The zero-order chi connectivity index (χ0) is 15.9. The Labute approximate surface area is 140 Å². The van der Waals surface area contributed by atoms with Crippen LogP contribution in [0.25, 0.3) is 0 Å². The van der Waals surface area contributed by atoms with Crippen molar-refractivity contribution in [2.75, 3.05) is 26.3 Å². The molecule has 120 valence electrons. The van der Waals surface area contributed by atoms with Gasteiger partial charge >= 0.3 is 0 Å². The molecule has 0 aromatic heterocycles. The number of nitrogens with one attached hydrogen (secondary N) is 1. The molecule has 2 aromatic carbocycles. The molecule has 0 saturated carbocycles. The van der Waals surface area contributed by atoms with Crippen molar-refractivity contribution in [2.45, 2.75) is 10.1 Å². The van der Waals surface area contributed by atoms with Crippen LogP contribution in [0.5, 0.6) is 0 Å². The fraction of sp³-hybridized carbons (Fsp3) is 0.278. The van der Waals surface area contributed by atoms with Gasteiger partial charge in [0.2, 0.25) is 0 Å². The van der Waals surface area contributed by atoms with Crippen LogP contribution in [0, 0.1) is 0 Å². The predicted molar refractivity (Wildman–Crippen MR) is 92.0 cm³/mol. The third-order valence-corrected chi connectivity index (χ3v) is 4.88. The van der Waals surface area contributed by atoms with E-state index in [1.165, 1.54) is 0 Å². The topological polar surface area (TPSA) is 41.6 Å². The van der Waals surface area contributed by atoms with Gasteiger partial charge in [0.1, 0.15) is 5.25 Å². The maximum absolute atomic E-state index is 12.8. The lowest BCUT2D eigenvalue weighted by Crippen LogP contribution is -2.49. The van der Waals surface area contributed by atoms with Crippen LogP contribution in [0.1, 0.15) is 10.8 Å². The van der Waals surface area contributed by atoms with E-state index < -0.39 is 0 Å². The van der Waals surface area contributed by atoms with Crippen LogP contribution in [0.3, 0.4) is 0 Å². The summed E-state index contributed by atoms with van der Waals surface area (Å²) in [6.07, 6.45) is 0. The first kappa shape index (κ1) is 16.1. The van der Waals surface area contributed by atoms with Gasteiger partial charge in [-0.2, -0.15) is 0 Å². The van der Waals surface area contributed by atoms with Crippen molar-refractivity contribution < 1.29 is 9.53 Å². The Morgan fingerprint density at radius 2 is 1.61 bits per heavy atom. The Bertz CT molecular complexity index is 615. The highest BCUT2D eigenvalue weighted by atomic mass is 32.2. The quantitative estimate of drug-likeness (QED) is 0.857. The number of carbonyl (C=O) groups is 1. The number of rotatable bonds is 5. The molecule has 0 unspecified atom stereocenters. The summed E-state index contributed by atoms with van der Waals surface area (Å²) in [7, 11) is 0. The van der Waals surface area contributed by atoms with Gasteiger partial charge in [0.05, 0.1) is 13.2 Å². The first-order chi connectivity index (χ1) is 11.3. The monoisotopic (exact) mass is 328 g/mol. The molecule has 0 spiro atoms. The highest BCUT2D eigenvalue weighted by Crippen LogP contribution is 2.35. The van der Waals surface area contributed by atoms with Crippen LogP contribution in [-0.2, 0) is 9.53 Å². The fourth-order valence-electron chi connectivity index (χ4n) is 2.43. The molecule has 1 aliphatic heterocycles. The standard InChI is InChI=1S/C18H20N2O2S/c21-18(19-20-11-13-22-14-12-20)17(15-7-3-1-4-8-15)23-16-9-5-2-6-10-16/h1-10,17H,11-14H2,(H,19,21)/t17-/m1/s1. The summed E-state index contributed by atoms with van der Waals surface area (Å²) in [5.74, 6) is 0.00644. The van der Waals surface area contributed by atoms with E-state index in [1.54, 1.807) is 11.8 Å². The third kappa shape index (κ3) is 4.58. The van der Waals surface area contributed by atoms with Crippen LogP contribution in [0.2, 0.25) is 0 Å². The van der Waals surface area contributed by atoms with Crippen molar-refractivity contribution in [1.82, 2.24) is 10.4 Å². The van der Waals surface area contributed by atoms with Gasteiger partial charge < -0.3 is 4.74 Å². The van der Waals surface area contributed by atoms with Crippen molar-refractivity contribution in [3.63, 3.8) is 0 Å². The lowest BCUT2D eigenvalue weighted by atomic mass is 10.1. The molecule has 1 atom stereocenters. The SMILES string of the molecule is O=C(NN1CCOCC1)[C@H](Sc1ccccc1)c1ccccc1. The fourth-order valence-corrected chi connectivity index (χ4v) is 3.46. The predicted octanol–water partition coefficient (Wildman–Crippen LogP) is 2.88. The van der Waals surface area contributed by atoms with Crippen molar-refractivity contribution in [3.8, 4) is 0 Å². The van der Waals surface area contributed by atoms with Gasteiger partial charge in [-0.3, -0.25) is 10.2 Å². The number of carbonyl (C=O) groups excluding carboxylic acids is 1. The van der Waals surface area contributed by atoms with Crippen molar-refractivity contribution in [1.29, 1.82) is 0 Å². The normalized spacial score (nSPS) is 16.7. The Hall–Kier alpha value is -1.82. The highest BCUT2D eigenvalue weighted by Gasteiger charge is 2.24. The zero-order valence-electron chi connectivity index (χ0n) is 12.9. The van der Waals surface area contributed by atoms with Gasteiger partial charge in [-0.05, 0) is 17.7 Å². The minimum atomic E-state index is -0.276. The van der Waals surface area contributed by atoms with Gasteiger partial charge in [0, 0.05) is 18.0 Å². The van der Waals surface area contributed by atoms with Crippen LogP contribution >= 0.6 is 11.8 Å². The Balaban J connectivity index is 1.75. The Morgan fingerprint density at radius 3 is 2.26 bits per heavy atom. The first-order valence-electron chi connectivity index (χ1n) is 7.73. The zero-order valence-corrected chi connectivity index (χ0v) is 13.7. The number of benzene rings is 2. The molecule has 1 aliphatic rings. The molecule has 5 heteroatoms. The second-order valence-electron chi connectivity index (χ2n) is 5.30. The van der Waals surface area contributed by atoms with Crippen molar-refractivity contribution >= 4 is 17.7 Å². The van der Waals surface area contributed by atoms with Gasteiger partial charge in [0.15, 0.2) is 0 Å². The van der Waals surface area contributed by atoms with E-state index in [0.29, 0.717) is 13.2 Å². The van der Waals surface area contributed by atoms with Gasteiger partial charge in [-0.15, -0.1) is 11.8 Å². The number of thioether (sulfide) groups is 1. The van der Waals surface area contributed by atoms with Crippen LogP contribution < -0.4 is 5.43 Å². The minimum Gasteiger partial charge on any atom is -0.379 e. The molecular formula is C18H20N2O2S. The maximum atomic E-state index is 12.8. The molecule has 0 aliphatic carbocycles. The summed E-state index contributed by atoms with van der Waals surface area (Å²) >= 11 is 1.57. The molecule has 23 heavy (non-hydrogen) atoms. The summed E-state index contributed by atoms with van der Waals surface area (Å²) in [5.41, 5.74) is 4.04. The lowest BCUT2D eigenvalue weighted by molar-refractivity contribution is -0.127. The van der Waals surface area contributed by atoms with Crippen LogP contribution in [0.4, 0.5) is 0 Å². The maximum Gasteiger partial charge on any atom is 0.252 e. The molecule has 0 radical (unpaired) electrons. The smallest absolute Gasteiger partial charge is 0.252 e. The molecule has 1 heterocycles. The largest absolute Gasteiger partial charge is 0.379 e. The van der Waals surface area contributed by atoms with Gasteiger partial charge in [0.25, 0.3) is 5.91 Å². The molecule has 1 saturated heterocycles. The molecule has 1 N–H and O–H groups in total. The van der Waals surface area contributed by atoms with Gasteiger partial charge in [-0.25, -0.2) is 5.01 Å². The molecule has 3 rings (SSSR count). The second kappa shape index (κ2) is 8.15. The average molecular weight is 328 g/mol. The van der Waals surface area contributed by atoms with Crippen LogP contribution in [-0.4, -0.2) is 37.2 Å². The first-order valence-corrected chi connectivity index (χ1v) is 8.61. The Kier molecular flexibility index (Phi) is 5.69. The van der Waals surface area contributed by atoms with E-state index in [2.05, 4.69) is 5.43 Å². The summed E-state index contributed by atoms with van der Waals surface area (Å²) in [6.45, 7) is 2.76. The average Bonchev–Trinajstić information content (AvgIpc) is 2.62. The molecule has 4 nitrogen and oxygen atoms in total. The molecule has 1 amide bonds. The highest BCUT2D eigenvalue weighted by molar-refractivity contribution is 8.00. The van der Waals surface area contributed by atoms with E-state index in [1.807, 2.05) is 65.7 Å². The number of nitrogens with zero attached hydrogens (tertiary/aromatic N) is 1. The van der Waals surface area contributed by atoms with E-state index in [9.17, 15) is 4.79 Å². The minimum absolute atomic E-state index is 0.00644. The second-order valence-corrected chi connectivity index (χ2v) is 6.48.